The average molecular weight is 279 g/mol. The maximum atomic E-state index is 11.3. The Labute approximate surface area is 114 Å². The predicted molar refractivity (Wildman–Crippen MR) is 70.4 cm³/mol. The molecule has 0 heterocycles. The van der Waals surface area contributed by atoms with Gasteiger partial charge in [0.05, 0.1) is 11.1 Å². The number of amides is 2. The maximum absolute atomic E-state index is 11.3. The van der Waals surface area contributed by atoms with Crippen molar-refractivity contribution in [1.29, 1.82) is 0 Å². The Morgan fingerprint density at radius 1 is 1.35 bits per heavy atom. The second kappa shape index (κ2) is 7.59. The molecule has 106 valence electrons. The van der Waals surface area contributed by atoms with E-state index in [4.69, 9.17) is 5.84 Å². The van der Waals surface area contributed by atoms with E-state index in [1.54, 1.807) is 6.07 Å². The van der Waals surface area contributed by atoms with Gasteiger partial charge in [-0.2, -0.15) is 5.10 Å². The lowest BCUT2D eigenvalue weighted by molar-refractivity contribution is -0.384. The van der Waals surface area contributed by atoms with Crippen LogP contribution in [0.25, 0.3) is 0 Å². The fourth-order valence-electron chi connectivity index (χ4n) is 1.25. The average Bonchev–Trinajstić information content (AvgIpc) is 2.45. The molecule has 0 bridgehead atoms. The molecule has 9 heteroatoms. The molecule has 0 aliphatic carbocycles. The first-order valence-electron chi connectivity index (χ1n) is 5.58. The Balaban J connectivity index is 2.48. The summed E-state index contributed by atoms with van der Waals surface area (Å²) in [5.74, 6) is 3.94. The molecule has 1 aromatic carbocycles. The molecule has 20 heavy (non-hydrogen) atoms. The van der Waals surface area contributed by atoms with Gasteiger partial charge in [-0.15, -0.1) is 0 Å². The van der Waals surface area contributed by atoms with E-state index < -0.39 is 16.7 Å². The number of carbonyl (C=O) groups is 2. The van der Waals surface area contributed by atoms with E-state index in [2.05, 4.69) is 10.5 Å². The number of nitro benzene ring substituents is 1. The Hall–Kier alpha value is -2.81. The molecule has 0 atom stereocenters. The largest absolute Gasteiger partial charge is 0.294 e. The molecule has 9 nitrogen and oxygen atoms in total. The van der Waals surface area contributed by atoms with Crippen molar-refractivity contribution in [2.75, 3.05) is 0 Å². The van der Waals surface area contributed by atoms with Gasteiger partial charge in [-0.25, -0.2) is 11.3 Å². The lowest BCUT2D eigenvalue weighted by Crippen LogP contribution is -2.31. The van der Waals surface area contributed by atoms with Crippen LogP contribution in [0.1, 0.15) is 18.4 Å². The lowest BCUT2D eigenvalue weighted by atomic mass is 10.2. The molecule has 4 N–H and O–H groups in total. The minimum Gasteiger partial charge on any atom is -0.294 e. The number of benzene rings is 1. The van der Waals surface area contributed by atoms with Crippen molar-refractivity contribution >= 4 is 23.7 Å². The van der Waals surface area contributed by atoms with Crippen molar-refractivity contribution in [2.45, 2.75) is 12.8 Å². The van der Waals surface area contributed by atoms with Crippen LogP contribution in [0.5, 0.6) is 0 Å². The molecule has 0 saturated heterocycles. The molecule has 0 radical (unpaired) electrons. The summed E-state index contributed by atoms with van der Waals surface area (Å²) < 4.78 is 0. The number of rotatable bonds is 6. The third-order valence-corrected chi connectivity index (χ3v) is 2.22. The van der Waals surface area contributed by atoms with Gasteiger partial charge in [-0.3, -0.25) is 25.1 Å². The number of nitrogens with one attached hydrogen (secondary N) is 2. The van der Waals surface area contributed by atoms with Gasteiger partial charge in [0, 0.05) is 30.5 Å². The van der Waals surface area contributed by atoms with E-state index in [0.717, 1.165) is 0 Å². The van der Waals surface area contributed by atoms with Crippen molar-refractivity contribution in [3.05, 3.63) is 39.9 Å². The van der Waals surface area contributed by atoms with Crippen LogP contribution < -0.4 is 16.7 Å². The fourth-order valence-corrected chi connectivity index (χ4v) is 1.25. The Kier molecular flexibility index (Phi) is 5.78. The number of hydrogen-bond donors (Lipinski definition) is 3. The number of nitrogens with zero attached hydrogens (tertiary/aromatic N) is 2. The third kappa shape index (κ3) is 5.23. The van der Waals surface area contributed by atoms with Gasteiger partial charge in [-0.05, 0) is 0 Å². The minimum atomic E-state index is -0.526. The number of hydrogen-bond acceptors (Lipinski definition) is 6. The van der Waals surface area contributed by atoms with Crippen LogP contribution in [0.4, 0.5) is 5.69 Å². The zero-order valence-corrected chi connectivity index (χ0v) is 10.4. The first kappa shape index (κ1) is 15.2. The maximum Gasteiger partial charge on any atom is 0.270 e. The van der Waals surface area contributed by atoms with E-state index >= 15 is 0 Å². The summed E-state index contributed by atoms with van der Waals surface area (Å²) in [5, 5.41) is 14.2. The second-order valence-electron chi connectivity index (χ2n) is 3.71. The molecule has 0 aliphatic rings. The summed E-state index contributed by atoms with van der Waals surface area (Å²) >= 11 is 0. The molecule has 0 saturated carbocycles. The standard InChI is InChI=1S/C11H13N5O4/c12-14-10(17)4-5-11(18)15-13-7-8-2-1-3-9(6-8)16(19)20/h1-3,6-7H,4-5,12H2,(H,14,17)(H,15,18)/b13-7+. The van der Waals surface area contributed by atoms with Gasteiger partial charge in [0.2, 0.25) is 11.8 Å². The number of nitro groups is 1. The molecule has 1 aromatic rings. The number of hydrazine groups is 1. The van der Waals surface area contributed by atoms with E-state index in [1.807, 2.05) is 5.43 Å². The number of carbonyl (C=O) groups excluding carboxylic acids is 2. The summed E-state index contributed by atoms with van der Waals surface area (Å²) in [6, 6.07) is 5.77. The van der Waals surface area contributed by atoms with Crippen LogP contribution >= 0.6 is 0 Å². The highest BCUT2D eigenvalue weighted by Gasteiger charge is 2.05. The molecule has 0 aliphatic heterocycles. The second-order valence-corrected chi connectivity index (χ2v) is 3.71. The van der Waals surface area contributed by atoms with Crippen molar-refractivity contribution in [3.63, 3.8) is 0 Å². The monoisotopic (exact) mass is 279 g/mol. The highest BCUT2D eigenvalue weighted by molar-refractivity contribution is 5.85. The summed E-state index contributed by atoms with van der Waals surface area (Å²) in [6.07, 6.45) is 1.16. The molecule has 2 amide bonds. The summed E-state index contributed by atoms with van der Waals surface area (Å²) in [7, 11) is 0. The quantitative estimate of drug-likeness (QED) is 0.218. The van der Waals surface area contributed by atoms with Crippen molar-refractivity contribution in [2.24, 2.45) is 10.9 Å². The van der Waals surface area contributed by atoms with Crippen molar-refractivity contribution < 1.29 is 14.5 Å². The predicted octanol–water partition coefficient (Wildman–Crippen LogP) is -0.185. The Morgan fingerprint density at radius 3 is 2.70 bits per heavy atom. The zero-order valence-electron chi connectivity index (χ0n) is 10.4. The van der Waals surface area contributed by atoms with Gasteiger partial charge >= 0.3 is 0 Å². The minimum absolute atomic E-state index is 0.0470. The van der Waals surface area contributed by atoms with Crippen LogP contribution in [0.15, 0.2) is 29.4 Å². The molecular formula is C11H13N5O4. The summed E-state index contributed by atoms with van der Waals surface area (Å²) in [6.45, 7) is 0. The molecule has 0 aromatic heterocycles. The lowest BCUT2D eigenvalue weighted by Gasteiger charge is -1.99. The number of non-ortho nitro benzene ring substituents is 1. The zero-order chi connectivity index (χ0) is 15.0. The van der Waals surface area contributed by atoms with Crippen LogP contribution in [-0.2, 0) is 9.59 Å². The van der Waals surface area contributed by atoms with E-state index in [-0.39, 0.29) is 18.5 Å². The van der Waals surface area contributed by atoms with Crippen molar-refractivity contribution in [3.8, 4) is 0 Å². The summed E-state index contributed by atoms with van der Waals surface area (Å²) in [4.78, 5) is 32.1. The highest BCUT2D eigenvalue weighted by atomic mass is 16.6. The number of nitrogens with two attached hydrogens (primary N) is 1. The van der Waals surface area contributed by atoms with E-state index in [1.165, 1.54) is 24.4 Å². The SMILES string of the molecule is NNC(=O)CCC(=O)N/N=C/c1cccc([N+](=O)[O-])c1. The van der Waals surface area contributed by atoms with Gasteiger partial charge in [0.15, 0.2) is 0 Å². The van der Waals surface area contributed by atoms with Crippen molar-refractivity contribution in [1.82, 2.24) is 10.9 Å². The van der Waals surface area contributed by atoms with Crippen LogP contribution in [0, 0.1) is 10.1 Å². The first-order chi connectivity index (χ1) is 9.52. The third-order valence-electron chi connectivity index (χ3n) is 2.22. The van der Waals surface area contributed by atoms with Gasteiger partial charge in [-0.1, -0.05) is 12.1 Å². The molecule has 1 rings (SSSR count). The molecule has 0 fully saturated rings. The van der Waals surface area contributed by atoms with Gasteiger partial charge in [0.25, 0.3) is 5.69 Å². The normalized spacial score (nSPS) is 10.2. The smallest absolute Gasteiger partial charge is 0.270 e. The van der Waals surface area contributed by atoms with Crippen LogP contribution in [0.3, 0.4) is 0 Å². The fraction of sp³-hybridized carbons (Fsp3) is 0.182. The topological polar surface area (TPSA) is 140 Å². The molecule has 0 unspecified atom stereocenters. The highest BCUT2D eigenvalue weighted by Crippen LogP contribution is 2.11. The van der Waals surface area contributed by atoms with Gasteiger partial charge < -0.3 is 0 Å². The number of hydrazone groups is 1. The van der Waals surface area contributed by atoms with Crippen LogP contribution in [0.2, 0.25) is 0 Å². The van der Waals surface area contributed by atoms with Gasteiger partial charge in [0.1, 0.15) is 0 Å². The molecular weight excluding hydrogens is 266 g/mol. The Bertz CT molecular complexity index is 543. The molecule has 0 spiro atoms. The van der Waals surface area contributed by atoms with E-state index in [9.17, 15) is 19.7 Å². The summed E-state index contributed by atoms with van der Waals surface area (Å²) in [5.41, 5.74) is 4.50. The Morgan fingerprint density at radius 2 is 2.05 bits per heavy atom. The van der Waals surface area contributed by atoms with Crippen LogP contribution in [-0.4, -0.2) is 23.0 Å². The first-order valence-corrected chi connectivity index (χ1v) is 5.58. The van der Waals surface area contributed by atoms with E-state index in [0.29, 0.717) is 5.56 Å².